The zero-order valence-corrected chi connectivity index (χ0v) is 11.6. The second kappa shape index (κ2) is 6.24. The SMILES string of the molecule is CCOC(=O)C(CSc1nccn1C)NC1CC1. The number of carbonyl (C=O) groups excluding carboxylic acids is 1. The van der Waals surface area contributed by atoms with Gasteiger partial charge in [0.15, 0.2) is 5.16 Å². The van der Waals surface area contributed by atoms with Crippen molar-refractivity contribution in [1.29, 1.82) is 0 Å². The van der Waals surface area contributed by atoms with Crippen molar-refractivity contribution in [1.82, 2.24) is 14.9 Å². The minimum Gasteiger partial charge on any atom is -0.465 e. The summed E-state index contributed by atoms with van der Waals surface area (Å²) in [7, 11) is 1.95. The third kappa shape index (κ3) is 3.74. The minimum absolute atomic E-state index is 0.161. The Labute approximate surface area is 111 Å². The lowest BCUT2D eigenvalue weighted by Crippen LogP contribution is -2.41. The molecule has 1 atom stereocenters. The third-order valence-corrected chi connectivity index (χ3v) is 3.89. The van der Waals surface area contributed by atoms with E-state index in [0.29, 0.717) is 18.4 Å². The number of carbonyl (C=O) groups is 1. The number of imidazole rings is 1. The first-order chi connectivity index (χ1) is 8.70. The van der Waals surface area contributed by atoms with E-state index in [-0.39, 0.29) is 12.0 Å². The fourth-order valence-electron chi connectivity index (χ4n) is 1.61. The molecule has 0 saturated heterocycles. The standard InChI is InChI=1S/C12H19N3O2S/c1-3-17-11(16)10(14-9-4-5-9)8-18-12-13-6-7-15(12)2/h6-7,9-10,14H,3-5,8H2,1-2H3. The normalized spacial score (nSPS) is 16.6. The van der Waals surface area contributed by atoms with Gasteiger partial charge < -0.3 is 14.6 Å². The maximum atomic E-state index is 11.8. The van der Waals surface area contributed by atoms with Crippen LogP contribution in [0, 0.1) is 0 Å². The van der Waals surface area contributed by atoms with Crippen molar-refractivity contribution in [2.24, 2.45) is 7.05 Å². The van der Waals surface area contributed by atoms with Crippen LogP contribution in [-0.4, -0.2) is 40.0 Å². The summed E-state index contributed by atoms with van der Waals surface area (Å²) in [4.78, 5) is 16.1. The van der Waals surface area contributed by atoms with Crippen LogP contribution >= 0.6 is 11.8 Å². The molecule has 1 unspecified atom stereocenters. The maximum Gasteiger partial charge on any atom is 0.324 e. The molecule has 0 radical (unpaired) electrons. The van der Waals surface area contributed by atoms with Gasteiger partial charge in [0.1, 0.15) is 6.04 Å². The van der Waals surface area contributed by atoms with Crippen LogP contribution in [0.1, 0.15) is 19.8 Å². The Hall–Kier alpha value is -1.01. The van der Waals surface area contributed by atoms with Gasteiger partial charge in [0, 0.05) is 31.2 Å². The summed E-state index contributed by atoms with van der Waals surface area (Å²) in [6, 6.07) is 0.250. The molecule has 1 N–H and O–H groups in total. The highest BCUT2D eigenvalue weighted by Gasteiger charge is 2.29. The molecule has 1 aliphatic rings. The quantitative estimate of drug-likeness (QED) is 0.595. The molecule has 1 aromatic rings. The van der Waals surface area contributed by atoms with Crippen molar-refractivity contribution in [3.63, 3.8) is 0 Å². The highest BCUT2D eigenvalue weighted by atomic mass is 32.2. The molecule has 1 heterocycles. The summed E-state index contributed by atoms with van der Waals surface area (Å²) >= 11 is 1.57. The maximum absolute atomic E-state index is 11.8. The average Bonchev–Trinajstić information content (AvgIpc) is 3.07. The van der Waals surface area contributed by atoms with Crippen molar-refractivity contribution in [2.45, 2.75) is 37.0 Å². The summed E-state index contributed by atoms with van der Waals surface area (Å²) in [6.07, 6.45) is 5.97. The Kier molecular flexibility index (Phi) is 4.66. The van der Waals surface area contributed by atoms with Crippen molar-refractivity contribution in [3.8, 4) is 0 Å². The van der Waals surface area contributed by atoms with E-state index >= 15 is 0 Å². The van der Waals surface area contributed by atoms with Crippen LogP contribution in [0.5, 0.6) is 0 Å². The first-order valence-electron chi connectivity index (χ1n) is 6.23. The number of esters is 1. The lowest BCUT2D eigenvalue weighted by atomic mass is 10.3. The Morgan fingerprint density at radius 2 is 2.50 bits per heavy atom. The molecule has 0 aromatic carbocycles. The minimum atomic E-state index is -0.237. The van der Waals surface area contributed by atoms with Crippen molar-refractivity contribution >= 4 is 17.7 Å². The first-order valence-corrected chi connectivity index (χ1v) is 7.22. The van der Waals surface area contributed by atoms with Gasteiger partial charge in [0.25, 0.3) is 0 Å². The van der Waals surface area contributed by atoms with Crippen molar-refractivity contribution < 1.29 is 9.53 Å². The monoisotopic (exact) mass is 269 g/mol. The van der Waals surface area contributed by atoms with E-state index in [0.717, 1.165) is 18.0 Å². The molecule has 18 heavy (non-hydrogen) atoms. The molecule has 2 rings (SSSR count). The van der Waals surface area contributed by atoms with Crippen molar-refractivity contribution in [2.75, 3.05) is 12.4 Å². The molecule has 0 aliphatic heterocycles. The molecule has 1 saturated carbocycles. The van der Waals surface area contributed by atoms with E-state index in [1.165, 1.54) is 0 Å². The topological polar surface area (TPSA) is 56.1 Å². The number of aryl methyl sites for hydroxylation is 1. The van der Waals surface area contributed by atoms with E-state index in [2.05, 4.69) is 10.3 Å². The van der Waals surface area contributed by atoms with Gasteiger partial charge in [-0.15, -0.1) is 0 Å². The molecule has 6 heteroatoms. The number of aromatic nitrogens is 2. The summed E-state index contributed by atoms with van der Waals surface area (Å²) in [5, 5.41) is 4.24. The lowest BCUT2D eigenvalue weighted by molar-refractivity contribution is -0.145. The molecule has 100 valence electrons. The highest BCUT2D eigenvalue weighted by Crippen LogP contribution is 2.22. The predicted molar refractivity (Wildman–Crippen MR) is 70.5 cm³/mol. The van der Waals surface area contributed by atoms with Gasteiger partial charge in [-0.25, -0.2) is 4.98 Å². The zero-order chi connectivity index (χ0) is 13.0. The number of nitrogens with one attached hydrogen (secondary N) is 1. The average molecular weight is 269 g/mol. The number of ether oxygens (including phenoxy) is 1. The lowest BCUT2D eigenvalue weighted by Gasteiger charge is -2.16. The number of hydrogen-bond donors (Lipinski definition) is 1. The number of rotatable bonds is 7. The van der Waals surface area contributed by atoms with E-state index in [9.17, 15) is 4.79 Å². The van der Waals surface area contributed by atoms with Crippen molar-refractivity contribution in [3.05, 3.63) is 12.4 Å². The summed E-state index contributed by atoms with van der Waals surface area (Å²) < 4.78 is 7.04. The van der Waals surface area contributed by atoms with E-state index < -0.39 is 0 Å². The summed E-state index contributed by atoms with van der Waals surface area (Å²) in [5.74, 6) is 0.492. The van der Waals surface area contributed by atoms with Crippen LogP contribution in [0.2, 0.25) is 0 Å². The first kappa shape index (κ1) is 13.4. The van der Waals surface area contributed by atoms with Crippen LogP contribution in [0.4, 0.5) is 0 Å². The van der Waals surface area contributed by atoms with Crippen LogP contribution < -0.4 is 5.32 Å². The van der Waals surface area contributed by atoms with Gasteiger partial charge in [-0.3, -0.25) is 4.79 Å². The van der Waals surface area contributed by atoms with Crippen LogP contribution in [0.25, 0.3) is 0 Å². The molecular formula is C12H19N3O2S. The van der Waals surface area contributed by atoms with Gasteiger partial charge in [-0.05, 0) is 19.8 Å². The van der Waals surface area contributed by atoms with E-state index in [4.69, 9.17) is 4.74 Å². The molecule has 0 amide bonds. The molecule has 5 nitrogen and oxygen atoms in total. The molecule has 0 bridgehead atoms. The Bertz CT molecular complexity index is 404. The van der Waals surface area contributed by atoms with Crippen LogP contribution in [0.3, 0.4) is 0 Å². The van der Waals surface area contributed by atoms with Gasteiger partial charge in [0.2, 0.25) is 0 Å². The summed E-state index contributed by atoms with van der Waals surface area (Å²) in [6.45, 7) is 2.26. The predicted octanol–water partition coefficient (Wildman–Crippen LogP) is 1.20. The molecule has 0 spiro atoms. The fourth-order valence-corrected chi connectivity index (χ4v) is 2.56. The largest absolute Gasteiger partial charge is 0.465 e. The van der Waals surface area contributed by atoms with Gasteiger partial charge in [-0.2, -0.15) is 0 Å². The Morgan fingerprint density at radius 3 is 3.06 bits per heavy atom. The second-order valence-corrected chi connectivity index (χ2v) is 5.36. The van der Waals surface area contributed by atoms with E-state index in [1.54, 1.807) is 18.0 Å². The molecular weight excluding hydrogens is 250 g/mol. The van der Waals surface area contributed by atoms with Gasteiger partial charge in [-0.1, -0.05) is 11.8 Å². The third-order valence-electron chi connectivity index (χ3n) is 2.74. The Morgan fingerprint density at radius 1 is 1.72 bits per heavy atom. The molecule has 1 aromatic heterocycles. The number of hydrogen-bond acceptors (Lipinski definition) is 5. The van der Waals surface area contributed by atoms with Gasteiger partial charge in [0.05, 0.1) is 6.61 Å². The van der Waals surface area contributed by atoms with Crippen LogP contribution in [0.15, 0.2) is 17.6 Å². The zero-order valence-electron chi connectivity index (χ0n) is 10.8. The Balaban J connectivity index is 1.87. The fraction of sp³-hybridized carbons (Fsp3) is 0.667. The number of nitrogens with zero attached hydrogens (tertiary/aromatic N) is 2. The highest BCUT2D eigenvalue weighted by molar-refractivity contribution is 7.99. The van der Waals surface area contributed by atoms with E-state index in [1.807, 2.05) is 24.7 Å². The van der Waals surface area contributed by atoms with Gasteiger partial charge >= 0.3 is 5.97 Å². The smallest absolute Gasteiger partial charge is 0.324 e. The molecule has 1 fully saturated rings. The second-order valence-electron chi connectivity index (χ2n) is 4.38. The van der Waals surface area contributed by atoms with Crippen LogP contribution in [-0.2, 0) is 16.6 Å². The summed E-state index contributed by atoms with van der Waals surface area (Å²) in [5.41, 5.74) is 0. The number of thioether (sulfide) groups is 1. The molecule has 1 aliphatic carbocycles.